The topological polar surface area (TPSA) is 0 Å². The quantitative estimate of drug-likeness (QED) is 0.176. The standard InChI is InChI=1S/C18H36Br2/c1-2-3-4-5-6-7-8-9-10-11-12-13-14-15-16-17-18(19)20/h18H,2-17H2,1H3. The van der Waals surface area contributed by atoms with Crippen LogP contribution in [0.15, 0.2) is 0 Å². The van der Waals surface area contributed by atoms with Gasteiger partial charge in [0.2, 0.25) is 0 Å². The van der Waals surface area contributed by atoms with Crippen LogP contribution in [0.2, 0.25) is 0 Å². The molecule has 0 saturated heterocycles. The van der Waals surface area contributed by atoms with E-state index in [1.807, 2.05) is 0 Å². The summed E-state index contributed by atoms with van der Waals surface area (Å²) >= 11 is 7.06. The van der Waals surface area contributed by atoms with Gasteiger partial charge in [0, 0.05) is 0 Å². The van der Waals surface area contributed by atoms with Crippen molar-refractivity contribution >= 4 is 31.9 Å². The molecule has 0 nitrogen and oxygen atoms in total. The van der Waals surface area contributed by atoms with Crippen molar-refractivity contribution in [2.45, 2.75) is 113 Å². The van der Waals surface area contributed by atoms with Crippen LogP contribution in [0.4, 0.5) is 0 Å². The minimum atomic E-state index is 0.525. The van der Waals surface area contributed by atoms with Crippen LogP contribution in [0, 0.1) is 0 Å². The molecule has 0 bridgehead atoms. The van der Waals surface area contributed by atoms with E-state index >= 15 is 0 Å². The van der Waals surface area contributed by atoms with Crippen molar-refractivity contribution in [3.8, 4) is 0 Å². The zero-order chi connectivity index (χ0) is 14.9. The second-order valence-electron chi connectivity index (χ2n) is 6.13. The predicted molar refractivity (Wildman–Crippen MR) is 101 cm³/mol. The van der Waals surface area contributed by atoms with E-state index in [1.165, 1.54) is 103 Å². The summed E-state index contributed by atoms with van der Waals surface area (Å²) in [6, 6.07) is 0. The molecule has 0 aliphatic carbocycles. The first-order chi connectivity index (χ1) is 9.77. The van der Waals surface area contributed by atoms with Crippen molar-refractivity contribution in [1.29, 1.82) is 0 Å². The highest BCUT2D eigenvalue weighted by Gasteiger charge is 1.97. The first kappa shape index (κ1) is 21.0. The van der Waals surface area contributed by atoms with Gasteiger partial charge in [0.25, 0.3) is 0 Å². The average Bonchev–Trinajstić information content (AvgIpc) is 2.43. The normalized spacial score (nSPS) is 11.4. The Balaban J connectivity index is 2.92. The van der Waals surface area contributed by atoms with Crippen molar-refractivity contribution in [2.24, 2.45) is 0 Å². The number of halogens is 2. The van der Waals surface area contributed by atoms with Gasteiger partial charge in [-0.25, -0.2) is 0 Å². The molecule has 0 aromatic carbocycles. The van der Waals surface area contributed by atoms with Crippen molar-refractivity contribution in [2.75, 3.05) is 0 Å². The fourth-order valence-corrected chi connectivity index (χ4v) is 3.32. The summed E-state index contributed by atoms with van der Waals surface area (Å²) in [7, 11) is 0. The van der Waals surface area contributed by atoms with Crippen LogP contribution >= 0.6 is 31.9 Å². The fourth-order valence-electron chi connectivity index (χ4n) is 2.67. The van der Waals surface area contributed by atoms with Crippen LogP contribution in [0.3, 0.4) is 0 Å². The van der Waals surface area contributed by atoms with E-state index < -0.39 is 0 Å². The highest BCUT2D eigenvalue weighted by Crippen LogP contribution is 2.18. The van der Waals surface area contributed by atoms with Crippen molar-refractivity contribution in [1.82, 2.24) is 0 Å². The largest absolute Gasteiger partial charge is 0.0765 e. The molecule has 0 fully saturated rings. The summed E-state index contributed by atoms with van der Waals surface area (Å²) in [6.07, 6.45) is 23.0. The van der Waals surface area contributed by atoms with Crippen molar-refractivity contribution in [3.05, 3.63) is 0 Å². The SMILES string of the molecule is CCCCCCCCCCCCCCCCCC(Br)Br. The Kier molecular flexibility index (Phi) is 18.9. The third kappa shape index (κ3) is 19.0. The minimum absolute atomic E-state index is 0.525. The number of unbranched alkanes of at least 4 members (excludes halogenated alkanes) is 14. The lowest BCUT2D eigenvalue weighted by atomic mass is 10.0. The van der Waals surface area contributed by atoms with Crippen molar-refractivity contribution in [3.63, 3.8) is 0 Å². The Morgan fingerprint density at radius 2 is 0.800 bits per heavy atom. The van der Waals surface area contributed by atoms with E-state index in [9.17, 15) is 0 Å². The molecule has 0 N–H and O–H groups in total. The lowest BCUT2D eigenvalue weighted by Crippen LogP contribution is -1.86. The fraction of sp³-hybridized carbons (Fsp3) is 1.00. The van der Waals surface area contributed by atoms with Crippen molar-refractivity contribution < 1.29 is 0 Å². The zero-order valence-electron chi connectivity index (χ0n) is 13.6. The zero-order valence-corrected chi connectivity index (χ0v) is 16.8. The number of hydrogen-bond acceptors (Lipinski definition) is 0. The molecular weight excluding hydrogens is 376 g/mol. The van der Waals surface area contributed by atoms with Gasteiger partial charge in [0.1, 0.15) is 0 Å². The van der Waals surface area contributed by atoms with E-state index in [0.29, 0.717) is 3.74 Å². The Morgan fingerprint density at radius 3 is 1.10 bits per heavy atom. The van der Waals surface area contributed by atoms with Gasteiger partial charge in [-0.2, -0.15) is 0 Å². The van der Waals surface area contributed by atoms with Crippen LogP contribution in [-0.4, -0.2) is 3.74 Å². The highest BCUT2D eigenvalue weighted by molar-refractivity contribution is 9.24. The van der Waals surface area contributed by atoms with E-state index in [-0.39, 0.29) is 0 Å². The summed E-state index contributed by atoms with van der Waals surface area (Å²) in [4.78, 5) is 0. The Labute approximate surface area is 145 Å². The molecule has 2 heteroatoms. The Morgan fingerprint density at radius 1 is 0.500 bits per heavy atom. The van der Waals surface area contributed by atoms with Crippen LogP contribution in [0.5, 0.6) is 0 Å². The summed E-state index contributed by atoms with van der Waals surface area (Å²) in [5, 5.41) is 0. The molecule has 0 saturated carbocycles. The van der Waals surface area contributed by atoms with Crippen LogP contribution in [0.25, 0.3) is 0 Å². The molecule has 0 amide bonds. The minimum Gasteiger partial charge on any atom is -0.0765 e. The number of rotatable bonds is 16. The van der Waals surface area contributed by atoms with Gasteiger partial charge >= 0.3 is 0 Å². The number of hydrogen-bond donors (Lipinski definition) is 0. The highest BCUT2D eigenvalue weighted by atomic mass is 79.9. The molecular formula is C18H36Br2. The molecule has 0 spiro atoms. The second kappa shape index (κ2) is 18.0. The van der Waals surface area contributed by atoms with Gasteiger partial charge in [-0.1, -0.05) is 135 Å². The maximum Gasteiger partial charge on any atom is 0.0697 e. The van der Waals surface area contributed by atoms with Gasteiger partial charge in [-0.3, -0.25) is 0 Å². The van der Waals surface area contributed by atoms with Crippen LogP contribution < -0.4 is 0 Å². The molecule has 0 rings (SSSR count). The van der Waals surface area contributed by atoms with Gasteiger partial charge < -0.3 is 0 Å². The molecule has 122 valence electrons. The maximum absolute atomic E-state index is 3.53. The maximum atomic E-state index is 3.53. The molecule has 0 heterocycles. The van der Waals surface area contributed by atoms with E-state index in [1.54, 1.807) is 0 Å². The lowest BCUT2D eigenvalue weighted by molar-refractivity contribution is 0.531. The molecule has 0 aliphatic heterocycles. The van der Waals surface area contributed by atoms with Gasteiger partial charge in [0.15, 0.2) is 0 Å². The van der Waals surface area contributed by atoms with Gasteiger partial charge in [0.05, 0.1) is 3.74 Å². The smallest absolute Gasteiger partial charge is 0.0697 e. The first-order valence-electron chi connectivity index (χ1n) is 9.05. The van der Waals surface area contributed by atoms with E-state index in [4.69, 9.17) is 0 Å². The third-order valence-corrected chi connectivity index (χ3v) is 4.94. The van der Waals surface area contributed by atoms with Crippen LogP contribution in [0.1, 0.15) is 110 Å². The van der Waals surface area contributed by atoms with E-state index in [2.05, 4.69) is 38.8 Å². The Bertz CT molecular complexity index is 169. The predicted octanol–water partition coefficient (Wildman–Crippen LogP) is 8.36. The third-order valence-electron chi connectivity index (χ3n) is 4.03. The molecule has 0 atom stereocenters. The van der Waals surface area contributed by atoms with Gasteiger partial charge in [-0.05, 0) is 6.42 Å². The van der Waals surface area contributed by atoms with E-state index in [0.717, 1.165) is 0 Å². The van der Waals surface area contributed by atoms with Gasteiger partial charge in [-0.15, -0.1) is 0 Å². The molecule has 0 unspecified atom stereocenters. The molecule has 0 aliphatic rings. The summed E-state index contributed by atoms with van der Waals surface area (Å²) in [6.45, 7) is 2.29. The molecule has 0 aromatic rings. The summed E-state index contributed by atoms with van der Waals surface area (Å²) < 4.78 is 0.525. The monoisotopic (exact) mass is 410 g/mol. The summed E-state index contributed by atoms with van der Waals surface area (Å²) in [5.41, 5.74) is 0. The average molecular weight is 412 g/mol. The molecule has 0 radical (unpaired) electrons. The summed E-state index contributed by atoms with van der Waals surface area (Å²) in [5.74, 6) is 0. The number of alkyl halides is 2. The molecule has 0 aromatic heterocycles. The molecule has 20 heavy (non-hydrogen) atoms. The Hall–Kier alpha value is 0.960. The lowest BCUT2D eigenvalue weighted by Gasteiger charge is -2.04. The van der Waals surface area contributed by atoms with Crippen LogP contribution in [-0.2, 0) is 0 Å². The first-order valence-corrected chi connectivity index (χ1v) is 10.9. The second-order valence-corrected chi connectivity index (χ2v) is 9.57.